The van der Waals surface area contributed by atoms with Crippen LogP contribution in [-0.4, -0.2) is 15.9 Å². The van der Waals surface area contributed by atoms with Gasteiger partial charge in [-0.15, -0.1) is 0 Å². The highest BCUT2D eigenvalue weighted by Gasteiger charge is 2.12. The van der Waals surface area contributed by atoms with Crippen molar-refractivity contribution < 1.29 is 9.18 Å². The molecule has 26 heavy (non-hydrogen) atoms. The normalized spacial score (nSPS) is 10.4. The molecule has 2 aromatic carbocycles. The van der Waals surface area contributed by atoms with E-state index in [1.54, 1.807) is 19.1 Å². The van der Waals surface area contributed by atoms with E-state index >= 15 is 0 Å². The van der Waals surface area contributed by atoms with Crippen LogP contribution in [0, 0.1) is 12.7 Å². The number of rotatable bonds is 5. The van der Waals surface area contributed by atoms with Gasteiger partial charge in [0.05, 0.1) is 0 Å². The Morgan fingerprint density at radius 1 is 1.08 bits per heavy atom. The number of amides is 1. The molecule has 1 amide bonds. The van der Waals surface area contributed by atoms with Crippen LogP contribution in [-0.2, 0) is 6.42 Å². The minimum absolute atomic E-state index is 0.207. The van der Waals surface area contributed by atoms with Gasteiger partial charge in [-0.1, -0.05) is 31.2 Å². The molecule has 3 aromatic rings. The van der Waals surface area contributed by atoms with E-state index in [1.807, 2.05) is 24.3 Å². The highest BCUT2D eigenvalue weighted by Crippen LogP contribution is 2.20. The second kappa shape index (κ2) is 7.74. The minimum atomic E-state index is -0.423. The fourth-order valence-electron chi connectivity index (χ4n) is 2.57. The number of halogens is 1. The Labute approximate surface area is 151 Å². The van der Waals surface area contributed by atoms with Crippen molar-refractivity contribution in [2.45, 2.75) is 20.3 Å². The Hall–Kier alpha value is -3.28. The molecule has 132 valence electrons. The molecule has 0 saturated heterocycles. The van der Waals surface area contributed by atoms with Gasteiger partial charge < -0.3 is 10.6 Å². The second-order valence-corrected chi connectivity index (χ2v) is 5.82. The summed E-state index contributed by atoms with van der Waals surface area (Å²) in [5, 5.41) is 5.81. The molecule has 0 aliphatic heterocycles. The summed E-state index contributed by atoms with van der Waals surface area (Å²) in [6, 6.07) is 15.2. The van der Waals surface area contributed by atoms with Gasteiger partial charge in [-0.3, -0.25) is 4.79 Å². The van der Waals surface area contributed by atoms with E-state index in [0.29, 0.717) is 17.3 Å². The average molecular weight is 350 g/mol. The van der Waals surface area contributed by atoms with Gasteiger partial charge in [0, 0.05) is 17.1 Å². The maximum atomic E-state index is 13.3. The van der Waals surface area contributed by atoms with Crippen molar-refractivity contribution in [2.75, 3.05) is 10.6 Å². The van der Waals surface area contributed by atoms with Crippen molar-refractivity contribution in [3.05, 3.63) is 77.4 Å². The summed E-state index contributed by atoms with van der Waals surface area (Å²) < 4.78 is 13.3. The summed E-state index contributed by atoms with van der Waals surface area (Å²) in [5.74, 6) is -0.497. The van der Waals surface area contributed by atoms with Crippen LogP contribution in [0.25, 0.3) is 0 Å². The van der Waals surface area contributed by atoms with Gasteiger partial charge in [0.2, 0.25) is 5.95 Å². The first kappa shape index (κ1) is 17.5. The summed E-state index contributed by atoms with van der Waals surface area (Å²) in [7, 11) is 0. The van der Waals surface area contributed by atoms with Gasteiger partial charge in [-0.2, -0.15) is 0 Å². The first-order chi connectivity index (χ1) is 12.5. The van der Waals surface area contributed by atoms with E-state index in [2.05, 4.69) is 27.5 Å². The lowest BCUT2D eigenvalue weighted by Gasteiger charge is -2.11. The summed E-state index contributed by atoms with van der Waals surface area (Å²) in [5.41, 5.74) is 3.26. The maximum Gasteiger partial charge on any atom is 0.274 e. The Balaban J connectivity index is 1.84. The van der Waals surface area contributed by atoms with Crippen molar-refractivity contribution in [1.82, 2.24) is 9.97 Å². The zero-order valence-corrected chi connectivity index (χ0v) is 14.6. The summed E-state index contributed by atoms with van der Waals surface area (Å²) in [6.45, 7) is 3.85. The molecule has 0 saturated carbocycles. The predicted octanol–water partition coefficient (Wildman–Crippen LogP) is 4.48. The fourth-order valence-corrected chi connectivity index (χ4v) is 2.57. The fraction of sp³-hybridized carbons (Fsp3) is 0.150. The number of nitrogens with one attached hydrogen (secondary N) is 2. The number of nitrogens with zero attached hydrogens (tertiary/aromatic N) is 2. The molecule has 0 radical (unpaired) electrons. The summed E-state index contributed by atoms with van der Waals surface area (Å²) >= 11 is 0. The number of aryl methyl sites for hydroxylation is 2. The van der Waals surface area contributed by atoms with Crippen molar-refractivity contribution >= 4 is 23.2 Å². The van der Waals surface area contributed by atoms with Gasteiger partial charge in [-0.25, -0.2) is 14.4 Å². The van der Waals surface area contributed by atoms with Crippen molar-refractivity contribution in [3.8, 4) is 0 Å². The number of hydrogen-bond acceptors (Lipinski definition) is 4. The maximum absolute atomic E-state index is 13.3. The van der Waals surface area contributed by atoms with Gasteiger partial charge in [0.25, 0.3) is 5.91 Å². The number of hydrogen-bond donors (Lipinski definition) is 2. The van der Waals surface area contributed by atoms with Crippen LogP contribution in [0.15, 0.2) is 54.6 Å². The third-order valence-electron chi connectivity index (χ3n) is 3.81. The molecule has 3 rings (SSSR count). The highest BCUT2D eigenvalue weighted by atomic mass is 19.1. The lowest BCUT2D eigenvalue weighted by Crippen LogP contribution is -2.15. The SMILES string of the molecule is CCc1ccccc1Nc1nc(C)cc(C(=O)Nc2cccc(F)c2)n1. The molecular weight excluding hydrogens is 331 g/mol. The van der Waals surface area contributed by atoms with E-state index in [1.165, 1.54) is 18.2 Å². The number of carbonyl (C=O) groups excluding carboxylic acids is 1. The molecule has 1 aromatic heterocycles. The molecule has 2 N–H and O–H groups in total. The lowest BCUT2D eigenvalue weighted by molar-refractivity contribution is 0.102. The topological polar surface area (TPSA) is 66.9 Å². The number of aromatic nitrogens is 2. The zero-order chi connectivity index (χ0) is 18.5. The van der Waals surface area contributed by atoms with Crippen molar-refractivity contribution in [3.63, 3.8) is 0 Å². The van der Waals surface area contributed by atoms with Crippen LogP contribution >= 0.6 is 0 Å². The molecule has 0 aliphatic rings. The van der Waals surface area contributed by atoms with Gasteiger partial charge >= 0.3 is 0 Å². The van der Waals surface area contributed by atoms with Gasteiger partial charge in [-0.05, 0) is 49.2 Å². The predicted molar refractivity (Wildman–Crippen MR) is 100 cm³/mol. The Kier molecular flexibility index (Phi) is 5.22. The van der Waals surface area contributed by atoms with E-state index in [-0.39, 0.29) is 5.69 Å². The molecule has 0 unspecified atom stereocenters. The van der Waals surface area contributed by atoms with Crippen LogP contribution in [0.3, 0.4) is 0 Å². The molecule has 0 aliphatic carbocycles. The highest BCUT2D eigenvalue weighted by molar-refractivity contribution is 6.03. The Morgan fingerprint density at radius 2 is 1.88 bits per heavy atom. The molecule has 5 nitrogen and oxygen atoms in total. The largest absolute Gasteiger partial charge is 0.324 e. The van der Waals surface area contributed by atoms with Crippen LogP contribution < -0.4 is 10.6 Å². The minimum Gasteiger partial charge on any atom is -0.324 e. The van der Waals surface area contributed by atoms with Crippen LogP contribution in [0.1, 0.15) is 28.7 Å². The smallest absolute Gasteiger partial charge is 0.274 e. The standard InChI is InChI=1S/C20H19FN4O/c1-3-14-7-4-5-10-17(14)24-20-22-13(2)11-18(25-20)19(26)23-16-9-6-8-15(21)12-16/h4-12H,3H2,1-2H3,(H,23,26)(H,22,24,25). The van der Waals surface area contributed by atoms with E-state index in [0.717, 1.165) is 17.7 Å². The molecule has 1 heterocycles. The monoisotopic (exact) mass is 350 g/mol. The van der Waals surface area contributed by atoms with Gasteiger partial charge in [0.1, 0.15) is 11.5 Å². The Bertz CT molecular complexity index is 943. The number of para-hydroxylation sites is 1. The molecule has 0 atom stereocenters. The number of carbonyl (C=O) groups is 1. The second-order valence-electron chi connectivity index (χ2n) is 5.82. The summed E-state index contributed by atoms with van der Waals surface area (Å²) in [4.78, 5) is 21.1. The van der Waals surface area contributed by atoms with Crippen LogP contribution in [0.2, 0.25) is 0 Å². The molecule has 0 bridgehead atoms. The van der Waals surface area contributed by atoms with E-state index < -0.39 is 11.7 Å². The number of anilines is 3. The lowest BCUT2D eigenvalue weighted by atomic mass is 10.1. The first-order valence-corrected chi connectivity index (χ1v) is 8.32. The average Bonchev–Trinajstić information content (AvgIpc) is 2.61. The number of benzene rings is 2. The molecular formula is C20H19FN4O. The molecule has 6 heteroatoms. The Morgan fingerprint density at radius 3 is 2.65 bits per heavy atom. The van der Waals surface area contributed by atoms with E-state index in [9.17, 15) is 9.18 Å². The summed E-state index contributed by atoms with van der Waals surface area (Å²) in [6.07, 6.45) is 0.863. The molecule has 0 spiro atoms. The van der Waals surface area contributed by atoms with E-state index in [4.69, 9.17) is 0 Å². The first-order valence-electron chi connectivity index (χ1n) is 8.32. The van der Waals surface area contributed by atoms with Crippen molar-refractivity contribution in [2.24, 2.45) is 0 Å². The molecule has 0 fully saturated rings. The van der Waals surface area contributed by atoms with Gasteiger partial charge in [0.15, 0.2) is 0 Å². The van der Waals surface area contributed by atoms with Crippen LogP contribution in [0.4, 0.5) is 21.7 Å². The third-order valence-corrected chi connectivity index (χ3v) is 3.81. The quantitative estimate of drug-likeness (QED) is 0.712. The van der Waals surface area contributed by atoms with Crippen LogP contribution in [0.5, 0.6) is 0 Å². The zero-order valence-electron chi connectivity index (χ0n) is 14.6. The van der Waals surface area contributed by atoms with Crippen molar-refractivity contribution in [1.29, 1.82) is 0 Å². The third kappa shape index (κ3) is 4.22.